The SMILES string of the molecule is CCCNC(CCc1ccc(C)cc1)Cc1ccn(C)n1. The zero-order chi connectivity index (χ0) is 15.1. The van der Waals surface area contributed by atoms with E-state index in [1.165, 1.54) is 23.2 Å². The minimum absolute atomic E-state index is 0.501. The molecule has 1 atom stereocenters. The Hall–Kier alpha value is -1.61. The molecule has 0 radical (unpaired) electrons. The highest BCUT2D eigenvalue weighted by molar-refractivity contribution is 5.21. The average molecular weight is 285 g/mol. The highest BCUT2D eigenvalue weighted by atomic mass is 15.2. The maximum absolute atomic E-state index is 4.50. The molecule has 0 saturated heterocycles. The first kappa shape index (κ1) is 15.8. The molecule has 114 valence electrons. The predicted molar refractivity (Wildman–Crippen MR) is 88.5 cm³/mol. The van der Waals surface area contributed by atoms with Crippen LogP contribution in [0.4, 0.5) is 0 Å². The molecule has 21 heavy (non-hydrogen) atoms. The number of hydrogen-bond donors (Lipinski definition) is 1. The summed E-state index contributed by atoms with van der Waals surface area (Å²) in [7, 11) is 1.98. The molecule has 0 spiro atoms. The van der Waals surface area contributed by atoms with Gasteiger partial charge in [0.05, 0.1) is 5.69 Å². The molecule has 0 amide bonds. The van der Waals surface area contributed by atoms with Gasteiger partial charge in [0, 0.05) is 25.7 Å². The van der Waals surface area contributed by atoms with Gasteiger partial charge in [0.25, 0.3) is 0 Å². The van der Waals surface area contributed by atoms with E-state index in [-0.39, 0.29) is 0 Å². The van der Waals surface area contributed by atoms with Gasteiger partial charge in [-0.2, -0.15) is 5.10 Å². The standard InChI is InChI=1S/C18H27N3/c1-4-12-19-17(14-18-11-13-21(3)20-18)10-9-16-7-5-15(2)6-8-16/h5-8,11,13,17,19H,4,9-10,12,14H2,1-3H3. The smallest absolute Gasteiger partial charge is 0.0640 e. The molecule has 1 N–H and O–H groups in total. The second kappa shape index (κ2) is 7.99. The van der Waals surface area contributed by atoms with E-state index in [2.05, 4.69) is 54.6 Å². The molecular weight excluding hydrogens is 258 g/mol. The van der Waals surface area contributed by atoms with E-state index in [0.29, 0.717) is 6.04 Å². The summed E-state index contributed by atoms with van der Waals surface area (Å²) in [6, 6.07) is 11.5. The van der Waals surface area contributed by atoms with E-state index in [1.54, 1.807) is 0 Å². The number of nitrogens with one attached hydrogen (secondary N) is 1. The maximum atomic E-state index is 4.50. The van der Waals surface area contributed by atoms with Gasteiger partial charge in [0.1, 0.15) is 0 Å². The Morgan fingerprint density at radius 2 is 1.95 bits per heavy atom. The fourth-order valence-electron chi connectivity index (χ4n) is 2.54. The van der Waals surface area contributed by atoms with Gasteiger partial charge in [0.2, 0.25) is 0 Å². The summed E-state index contributed by atoms with van der Waals surface area (Å²) in [6.07, 6.45) is 6.47. The van der Waals surface area contributed by atoms with Crippen molar-refractivity contribution >= 4 is 0 Å². The van der Waals surface area contributed by atoms with Crippen molar-refractivity contribution in [1.29, 1.82) is 0 Å². The molecule has 3 nitrogen and oxygen atoms in total. The fourth-order valence-corrected chi connectivity index (χ4v) is 2.54. The van der Waals surface area contributed by atoms with Crippen molar-refractivity contribution in [3.63, 3.8) is 0 Å². The molecule has 2 aromatic rings. The Morgan fingerprint density at radius 1 is 1.19 bits per heavy atom. The van der Waals surface area contributed by atoms with Gasteiger partial charge in [-0.25, -0.2) is 0 Å². The summed E-state index contributed by atoms with van der Waals surface area (Å²) in [6.45, 7) is 5.42. The van der Waals surface area contributed by atoms with E-state index in [1.807, 2.05) is 17.9 Å². The van der Waals surface area contributed by atoms with Gasteiger partial charge in [0.15, 0.2) is 0 Å². The van der Waals surface area contributed by atoms with Crippen molar-refractivity contribution in [3.05, 3.63) is 53.3 Å². The second-order valence-electron chi connectivity index (χ2n) is 5.86. The first-order valence-electron chi connectivity index (χ1n) is 7.95. The Balaban J connectivity index is 1.90. The quantitative estimate of drug-likeness (QED) is 0.806. The molecule has 0 bridgehead atoms. The van der Waals surface area contributed by atoms with Crippen LogP contribution in [0.15, 0.2) is 36.5 Å². The number of nitrogens with zero attached hydrogens (tertiary/aromatic N) is 2. The first-order valence-corrected chi connectivity index (χ1v) is 7.95. The van der Waals surface area contributed by atoms with Gasteiger partial charge < -0.3 is 5.32 Å². The summed E-state index contributed by atoms with van der Waals surface area (Å²) in [5.74, 6) is 0. The summed E-state index contributed by atoms with van der Waals surface area (Å²) in [5.41, 5.74) is 3.92. The number of aryl methyl sites for hydroxylation is 3. The molecule has 0 aliphatic carbocycles. The van der Waals surface area contributed by atoms with Crippen LogP contribution in [-0.4, -0.2) is 22.4 Å². The number of hydrogen-bond acceptors (Lipinski definition) is 2. The molecule has 1 aromatic carbocycles. The van der Waals surface area contributed by atoms with Crippen molar-refractivity contribution in [2.24, 2.45) is 7.05 Å². The molecule has 0 fully saturated rings. The lowest BCUT2D eigenvalue weighted by Gasteiger charge is -2.17. The highest BCUT2D eigenvalue weighted by Gasteiger charge is 2.11. The van der Waals surface area contributed by atoms with Crippen LogP contribution in [-0.2, 0) is 19.9 Å². The van der Waals surface area contributed by atoms with Crippen LogP contribution in [0.5, 0.6) is 0 Å². The highest BCUT2D eigenvalue weighted by Crippen LogP contribution is 2.10. The third-order valence-corrected chi connectivity index (χ3v) is 3.81. The minimum Gasteiger partial charge on any atom is -0.314 e. The van der Waals surface area contributed by atoms with E-state index in [0.717, 1.165) is 25.8 Å². The molecule has 0 saturated carbocycles. The van der Waals surface area contributed by atoms with E-state index < -0.39 is 0 Å². The lowest BCUT2D eigenvalue weighted by atomic mass is 10.0. The lowest BCUT2D eigenvalue weighted by Crippen LogP contribution is -2.32. The van der Waals surface area contributed by atoms with Crippen molar-refractivity contribution in [2.75, 3.05) is 6.54 Å². The first-order chi connectivity index (χ1) is 10.2. The lowest BCUT2D eigenvalue weighted by molar-refractivity contribution is 0.472. The Kier molecular flexibility index (Phi) is 6.00. The largest absolute Gasteiger partial charge is 0.314 e. The van der Waals surface area contributed by atoms with Gasteiger partial charge >= 0.3 is 0 Å². The molecule has 0 aliphatic heterocycles. The van der Waals surface area contributed by atoms with Crippen molar-refractivity contribution in [3.8, 4) is 0 Å². The van der Waals surface area contributed by atoms with Crippen LogP contribution < -0.4 is 5.32 Å². The molecule has 3 heteroatoms. The third-order valence-electron chi connectivity index (χ3n) is 3.81. The fraction of sp³-hybridized carbons (Fsp3) is 0.500. The van der Waals surface area contributed by atoms with E-state index >= 15 is 0 Å². The zero-order valence-electron chi connectivity index (χ0n) is 13.5. The summed E-state index contributed by atoms with van der Waals surface area (Å²) in [4.78, 5) is 0. The Labute approximate surface area is 128 Å². The monoisotopic (exact) mass is 285 g/mol. The van der Waals surface area contributed by atoms with Crippen molar-refractivity contribution in [2.45, 2.75) is 45.6 Å². The number of aromatic nitrogens is 2. The topological polar surface area (TPSA) is 29.9 Å². The van der Waals surface area contributed by atoms with Crippen molar-refractivity contribution < 1.29 is 0 Å². The molecule has 1 aromatic heterocycles. The van der Waals surface area contributed by atoms with Gasteiger partial charge in [-0.15, -0.1) is 0 Å². The van der Waals surface area contributed by atoms with Gasteiger partial charge in [-0.1, -0.05) is 36.8 Å². The van der Waals surface area contributed by atoms with E-state index in [9.17, 15) is 0 Å². The second-order valence-corrected chi connectivity index (χ2v) is 5.86. The molecule has 1 heterocycles. The normalized spacial score (nSPS) is 12.5. The molecule has 1 unspecified atom stereocenters. The molecule has 2 rings (SSSR count). The minimum atomic E-state index is 0.501. The zero-order valence-corrected chi connectivity index (χ0v) is 13.5. The van der Waals surface area contributed by atoms with Crippen LogP contribution in [0.25, 0.3) is 0 Å². The summed E-state index contributed by atoms with van der Waals surface area (Å²) in [5, 5.41) is 8.16. The van der Waals surface area contributed by atoms with Gasteiger partial charge in [-0.05, 0) is 44.4 Å². The van der Waals surface area contributed by atoms with Crippen LogP contribution in [0, 0.1) is 6.92 Å². The average Bonchev–Trinajstić information content (AvgIpc) is 2.89. The Morgan fingerprint density at radius 3 is 2.57 bits per heavy atom. The van der Waals surface area contributed by atoms with Crippen LogP contribution in [0.1, 0.15) is 36.6 Å². The predicted octanol–water partition coefficient (Wildman–Crippen LogP) is 3.27. The number of rotatable bonds is 8. The summed E-state index contributed by atoms with van der Waals surface area (Å²) < 4.78 is 1.88. The van der Waals surface area contributed by atoms with Gasteiger partial charge in [-0.3, -0.25) is 4.68 Å². The van der Waals surface area contributed by atoms with E-state index in [4.69, 9.17) is 0 Å². The third kappa shape index (κ3) is 5.35. The summed E-state index contributed by atoms with van der Waals surface area (Å²) >= 11 is 0. The van der Waals surface area contributed by atoms with Crippen LogP contribution in [0.2, 0.25) is 0 Å². The van der Waals surface area contributed by atoms with Crippen LogP contribution >= 0.6 is 0 Å². The van der Waals surface area contributed by atoms with Crippen molar-refractivity contribution in [1.82, 2.24) is 15.1 Å². The molecular formula is C18H27N3. The molecule has 0 aliphatic rings. The van der Waals surface area contributed by atoms with Crippen LogP contribution in [0.3, 0.4) is 0 Å². The Bertz CT molecular complexity index is 528. The number of benzene rings is 1. The maximum Gasteiger partial charge on any atom is 0.0640 e.